The molecule has 0 aromatic heterocycles. The number of rotatable bonds is 1. The van der Waals surface area contributed by atoms with E-state index in [2.05, 4.69) is 19.9 Å². The summed E-state index contributed by atoms with van der Waals surface area (Å²) in [5, 5.41) is 21.0. The van der Waals surface area contributed by atoms with Gasteiger partial charge in [-0.2, -0.15) is 5.26 Å². The summed E-state index contributed by atoms with van der Waals surface area (Å²) in [7, 11) is 0. The van der Waals surface area contributed by atoms with Crippen LogP contribution in [0.2, 0.25) is 0 Å². The minimum Gasteiger partial charge on any atom is -0.388 e. The summed E-state index contributed by atoms with van der Waals surface area (Å²) in [6.45, 7) is 4.55. The van der Waals surface area contributed by atoms with Gasteiger partial charge in [0.05, 0.1) is 23.9 Å². The third-order valence-electron chi connectivity index (χ3n) is 5.90. The number of hydrogen-bond donors (Lipinski definition) is 1. The highest BCUT2D eigenvalue weighted by atomic mass is 16.5. The first-order chi connectivity index (χ1) is 8.91. The molecule has 1 aliphatic carbocycles. The Hall–Kier alpha value is -0.590. The minimum absolute atomic E-state index is 0.0336. The van der Waals surface area contributed by atoms with Gasteiger partial charge in [0.25, 0.3) is 0 Å². The largest absolute Gasteiger partial charge is 0.388 e. The van der Waals surface area contributed by atoms with Crippen LogP contribution in [0.15, 0.2) is 0 Å². The maximum Gasteiger partial charge on any atom is 0.114 e. The highest BCUT2D eigenvalue weighted by Crippen LogP contribution is 2.57. The standard InChI is InChI=1S/C16H25NO2/c1-14(2)6-3-7-16(18,9-8-14)15(11-17)10-12-4-5-13(15)19-12/h12-13,18H,3-10H2,1-2H3. The lowest BCUT2D eigenvalue weighted by molar-refractivity contribution is -0.0958. The van der Waals surface area contributed by atoms with Gasteiger partial charge in [-0.1, -0.05) is 20.3 Å². The van der Waals surface area contributed by atoms with E-state index in [9.17, 15) is 10.4 Å². The zero-order valence-corrected chi connectivity index (χ0v) is 12.1. The van der Waals surface area contributed by atoms with Crippen LogP contribution in [0.25, 0.3) is 0 Å². The van der Waals surface area contributed by atoms with Gasteiger partial charge in [-0.3, -0.25) is 0 Å². The van der Waals surface area contributed by atoms with Gasteiger partial charge in [0.2, 0.25) is 0 Å². The molecule has 0 aromatic carbocycles. The van der Waals surface area contributed by atoms with Crippen LogP contribution in [0, 0.1) is 22.2 Å². The zero-order valence-electron chi connectivity index (χ0n) is 12.1. The molecule has 3 heteroatoms. The lowest BCUT2D eigenvalue weighted by atomic mass is 9.61. The van der Waals surface area contributed by atoms with E-state index in [4.69, 9.17) is 4.74 Å². The molecule has 4 atom stereocenters. The number of hydrogen-bond acceptors (Lipinski definition) is 3. The first kappa shape index (κ1) is 13.4. The van der Waals surface area contributed by atoms with Crippen molar-refractivity contribution in [3.8, 4) is 6.07 Å². The number of ether oxygens (including phenoxy) is 1. The van der Waals surface area contributed by atoms with Gasteiger partial charge in [0.1, 0.15) is 5.41 Å². The first-order valence-electron chi connectivity index (χ1n) is 7.70. The molecule has 0 radical (unpaired) electrons. The van der Waals surface area contributed by atoms with E-state index in [1.165, 1.54) is 0 Å². The van der Waals surface area contributed by atoms with Crippen LogP contribution in [-0.4, -0.2) is 22.9 Å². The van der Waals surface area contributed by atoms with Crippen molar-refractivity contribution in [3.05, 3.63) is 0 Å². The van der Waals surface area contributed by atoms with Crippen molar-refractivity contribution in [1.29, 1.82) is 5.26 Å². The van der Waals surface area contributed by atoms with Crippen LogP contribution >= 0.6 is 0 Å². The summed E-state index contributed by atoms with van der Waals surface area (Å²) in [5.41, 5.74) is -1.19. The number of fused-ring (bicyclic) bond motifs is 2. The van der Waals surface area contributed by atoms with E-state index in [0.29, 0.717) is 5.41 Å². The first-order valence-corrected chi connectivity index (χ1v) is 7.70. The van der Waals surface area contributed by atoms with E-state index < -0.39 is 11.0 Å². The predicted molar refractivity (Wildman–Crippen MR) is 72.4 cm³/mol. The third kappa shape index (κ3) is 1.92. The van der Waals surface area contributed by atoms with Crippen molar-refractivity contribution < 1.29 is 9.84 Å². The van der Waals surface area contributed by atoms with E-state index in [-0.39, 0.29) is 12.2 Å². The van der Waals surface area contributed by atoms with E-state index in [0.717, 1.165) is 51.4 Å². The molecule has 4 unspecified atom stereocenters. The average molecular weight is 263 g/mol. The Labute approximate surface area is 115 Å². The second-order valence-corrected chi connectivity index (χ2v) is 7.66. The molecule has 3 nitrogen and oxygen atoms in total. The van der Waals surface area contributed by atoms with Crippen molar-refractivity contribution >= 4 is 0 Å². The van der Waals surface area contributed by atoms with Crippen LogP contribution < -0.4 is 0 Å². The van der Waals surface area contributed by atoms with Crippen LogP contribution in [0.1, 0.15) is 65.2 Å². The van der Waals surface area contributed by atoms with Crippen molar-refractivity contribution in [1.82, 2.24) is 0 Å². The minimum atomic E-state index is -0.838. The molecule has 3 aliphatic rings. The topological polar surface area (TPSA) is 53.2 Å². The van der Waals surface area contributed by atoms with Crippen molar-refractivity contribution in [2.45, 2.75) is 83.0 Å². The molecule has 0 spiro atoms. The summed E-state index contributed by atoms with van der Waals surface area (Å²) in [6.07, 6.45) is 7.61. The molecule has 19 heavy (non-hydrogen) atoms. The molecule has 2 aliphatic heterocycles. The predicted octanol–water partition coefficient (Wildman–Crippen LogP) is 3.17. The zero-order chi connectivity index (χ0) is 13.7. The summed E-state index contributed by atoms with van der Waals surface area (Å²) in [4.78, 5) is 0. The Bertz CT molecular complexity index is 413. The highest BCUT2D eigenvalue weighted by Gasteiger charge is 2.63. The fourth-order valence-electron chi connectivity index (χ4n) is 4.52. The molecule has 2 bridgehead atoms. The van der Waals surface area contributed by atoms with Crippen LogP contribution in [0.4, 0.5) is 0 Å². The van der Waals surface area contributed by atoms with Gasteiger partial charge in [0, 0.05) is 0 Å². The van der Waals surface area contributed by atoms with Crippen LogP contribution in [0.5, 0.6) is 0 Å². The molecular weight excluding hydrogens is 238 g/mol. The van der Waals surface area contributed by atoms with Gasteiger partial charge >= 0.3 is 0 Å². The Morgan fingerprint density at radius 1 is 1.16 bits per heavy atom. The maximum absolute atomic E-state index is 11.3. The third-order valence-corrected chi connectivity index (χ3v) is 5.90. The maximum atomic E-state index is 11.3. The van der Waals surface area contributed by atoms with Gasteiger partial charge in [0.15, 0.2) is 0 Å². The highest BCUT2D eigenvalue weighted by molar-refractivity contribution is 5.21. The Balaban J connectivity index is 1.89. The molecule has 2 heterocycles. The average Bonchev–Trinajstić information content (AvgIpc) is 2.93. The quantitative estimate of drug-likeness (QED) is 0.739. The number of nitriles is 1. The molecule has 3 fully saturated rings. The fourth-order valence-corrected chi connectivity index (χ4v) is 4.52. The molecule has 0 amide bonds. The smallest absolute Gasteiger partial charge is 0.114 e. The van der Waals surface area contributed by atoms with Gasteiger partial charge < -0.3 is 9.84 Å². The molecule has 3 rings (SSSR count). The fraction of sp³-hybridized carbons (Fsp3) is 0.938. The molecule has 0 aromatic rings. The monoisotopic (exact) mass is 263 g/mol. The van der Waals surface area contributed by atoms with Gasteiger partial charge in [-0.25, -0.2) is 0 Å². The lowest BCUT2D eigenvalue weighted by Crippen LogP contribution is -2.53. The van der Waals surface area contributed by atoms with E-state index >= 15 is 0 Å². The molecule has 1 N–H and O–H groups in total. The van der Waals surface area contributed by atoms with Crippen LogP contribution in [-0.2, 0) is 4.74 Å². The summed E-state index contributed by atoms with van der Waals surface area (Å²) in [5.74, 6) is 0. The van der Waals surface area contributed by atoms with Crippen LogP contribution in [0.3, 0.4) is 0 Å². The molecule has 106 valence electrons. The van der Waals surface area contributed by atoms with Crippen molar-refractivity contribution in [3.63, 3.8) is 0 Å². The Morgan fingerprint density at radius 3 is 2.53 bits per heavy atom. The summed E-state index contributed by atoms with van der Waals surface area (Å²) >= 11 is 0. The van der Waals surface area contributed by atoms with Gasteiger partial charge in [-0.05, 0) is 50.4 Å². The Kier molecular flexibility index (Phi) is 2.96. The second-order valence-electron chi connectivity index (χ2n) is 7.66. The molecule has 2 saturated heterocycles. The number of aliphatic hydroxyl groups is 1. The molecular formula is C16H25NO2. The number of nitrogens with zero attached hydrogens (tertiary/aromatic N) is 1. The summed E-state index contributed by atoms with van der Waals surface area (Å²) in [6, 6.07) is 2.50. The van der Waals surface area contributed by atoms with Crippen molar-refractivity contribution in [2.24, 2.45) is 10.8 Å². The normalized spacial score (nSPS) is 48.7. The van der Waals surface area contributed by atoms with E-state index in [1.807, 2.05) is 0 Å². The Morgan fingerprint density at radius 2 is 1.95 bits per heavy atom. The molecule has 1 saturated carbocycles. The van der Waals surface area contributed by atoms with Crippen molar-refractivity contribution in [2.75, 3.05) is 0 Å². The second kappa shape index (κ2) is 4.20. The lowest BCUT2D eigenvalue weighted by Gasteiger charge is -2.43. The summed E-state index contributed by atoms with van der Waals surface area (Å²) < 4.78 is 5.91. The SMILES string of the molecule is CC1(C)CCCC(O)(C2(C#N)CC3CCC2O3)CC1. The van der Waals surface area contributed by atoms with Gasteiger partial charge in [-0.15, -0.1) is 0 Å². The van der Waals surface area contributed by atoms with E-state index in [1.54, 1.807) is 0 Å².